The van der Waals surface area contributed by atoms with Gasteiger partial charge in [-0.1, -0.05) is 42.5 Å². The van der Waals surface area contributed by atoms with Crippen LogP contribution in [0.15, 0.2) is 66.0 Å². The molecule has 0 saturated carbocycles. The summed E-state index contributed by atoms with van der Waals surface area (Å²) < 4.78 is 0. The second kappa shape index (κ2) is 4.03. The van der Waals surface area contributed by atoms with E-state index < -0.39 is 0 Å². The Morgan fingerprint density at radius 1 is 0.714 bits per heavy atom. The van der Waals surface area contributed by atoms with Gasteiger partial charge in [-0.15, -0.1) is 11.3 Å². The molecule has 4 aromatic rings. The van der Waals surface area contributed by atoms with Crippen molar-refractivity contribution < 1.29 is 0 Å². The largest absolute Gasteiger partial charge is 0.247 e. The summed E-state index contributed by atoms with van der Waals surface area (Å²) in [6.45, 7) is 0. The number of aromatic nitrogens is 1. The van der Waals surface area contributed by atoms with Crippen LogP contribution in [-0.4, -0.2) is 4.98 Å². The molecule has 1 aliphatic carbocycles. The number of pyridine rings is 1. The molecule has 0 spiro atoms. The molecule has 2 aromatic carbocycles. The Morgan fingerprint density at radius 3 is 2.33 bits per heavy atom. The molecule has 0 N–H and O–H groups in total. The summed E-state index contributed by atoms with van der Waals surface area (Å²) in [7, 11) is 0. The molecule has 0 amide bonds. The van der Waals surface area contributed by atoms with Gasteiger partial charge in [0, 0.05) is 5.39 Å². The third-order valence-electron chi connectivity index (χ3n) is 4.11. The van der Waals surface area contributed by atoms with Gasteiger partial charge in [0.1, 0.15) is 0 Å². The van der Waals surface area contributed by atoms with Gasteiger partial charge in [-0.3, -0.25) is 0 Å². The molecule has 1 aliphatic rings. The highest BCUT2D eigenvalue weighted by Crippen LogP contribution is 2.47. The van der Waals surface area contributed by atoms with Crippen LogP contribution in [0.25, 0.3) is 43.7 Å². The zero-order chi connectivity index (χ0) is 13.8. The van der Waals surface area contributed by atoms with Crippen LogP contribution in [0.2, 0.25) is 0 Å². The molecule has 21 heavy (non-hydrogen) atoms. The van der Waals surface area contributed by atoms with Crippen molar-refractivity contribution in [1.82, 2.24) is 4.98 Å². The topological polar surface area (TPSA) is 12.9 Å². The van der Waals surface area contributed by atoms with Crippen molar-refractivity contribution in [3.63, 3.8) is 0 Å². The minimum atomic E-state index is 1.07. The van der Waals surface area contributed by atoms with Crippen LogP contribution < -0.4 is 0 Å². The quantitative estimate of drug-likeness (QED) is 0.390. The van der Waals surface area contributed by atoms with Crippen molar-refractivity contribution in [2.45, 2.75) is 0 Å². The molecule has 0 radical (unpaired) electrons. The Kier molecular flexibility index (Phi) is 2.15. The lowest BCUT2D eigenvalue weighted by atomic mass is 10.0. The van der Waals surface area contributed by atoms with Gasteiger partial charge < -0.3 is 0 Å². The third-order valence-corrected chi connectivity index (χ3v) is 5.01. The molecule has 98 valence electrons. The molecule has 0 bridgehead atoms. The summed E-state index contributed by atoms with van der Waals surface area (Å²) in [5, 5.41) is 3.39. The normalized spacial score (nSPS) is 11.8. The molecule has 2 aromatic heterocycles. The van der Waals surface area contributed by atoms with E-state index in [-0.39, 0.29) is 0 Å². The van der Waals surface area contributed by atoms with Gasteiger partial charge in [0.15, 0.2) is 0 Å². The van der Waals surface area contributed by atoms with Crippen molar-refractivity contribution >= 4 is 22.2 Å². The molecule has 1 nitrogen and oxygen atoms in total. The molecule has 0 fully saturated rings. The van der Waals surface area contributed by atoms with Crippen LogP contribution in [0.3, 0.4) is 0 Å². The van der Waals surface area contributed by atoms with Crippen molar-refractivity contribution in [2.75, 3.05) is 0 Å². The summed E-state index contributed by atoms with van der Waals surface area (Å²) in [6, 6.07) is 21.5. The maximum Gasteiger partial charge on any atom is 0.0815 e. The maximum absolute atomic E-state index is 4.87. The number of benzene rings is 2. The van der Waals surface area contributed by atoms with Crippen LogP contribution in [0, 0.1) is 0 Å². The second-order valence-corrected chi connectivity index (χ2v) is 6.23. The average molecular weight is 285 g/mol. The number of hydrogen-bond donors (Lipinski definition) is 0. The SMILES string of the molecule is c1csc(-c2cc3c4c(cccc4n2)-c2ccccc2-3)c1. The Bertz CT molecular complexity index is 984. The van der Waals surface area contributed by atoms with Crippen molar-refractivity contribution in [2.24, 2.45) is 0 Å². The monoisotopic (exact) mass is 285 g/mol. The highest BCUT2D eigenvalue weighted by molar-refractivity contribution is 7.13. The van der Waals surface area contributed by atoms with Crippen LogP contribution in [0.1, 0.15) is 0 Å². The Balaban J connectivity index is 1.94. The molecule has 0 saturated heterocycles. The van der Waals surface area contributed by atoms with E-state index in [4.69, 9.17) is 4.98 Å². The van der Waals surface area contributed by atoms with E-state index in [0.717, 1.165) is 11.2 Å². The van der Waals surface area contributed by atoms with E-state index in [1.54, 1.807) is 11.3 Å². The molecule has 0 aliphatic heterocycles. The number of fused-ring (bicyclic) bond motifs is 3. The predicted molar refractivity (Wildman–Crippen MR) is 89.5 cm³/mol. The van der Waals surface area contributed by atoms with Crippen LogP contribution >= 0.6 is 11.3 Å². The van der Waals surface area contributed by atoms with E-state index in [0.29, 0.717) is 0 Å². The summed E-state index contributed by atoms with van der Waals surface area (Å²) in [5.41, 5.74) is 7.43. The first-order valence-corrected chi connectivity index (χ1v) is 7.87. The van der Waals surface area contributed by atoms with Gasteiger partial charge in [-0.2, -0.15) is 0 Å². The average Bonchev–Trinajstić information content (AvgIpc) is 3.16. The fourth-order valence-corrected chi connectivity index (χ4v) is 3.91. The van der Waals surface area contributed by atoms with E-state index in [1.807, 2.05) is 0 Å². The number of hydrogen-bond acceptors (Lipinski definition) is 2. The molecular weight excluding hydrogens is 274 g/mol. The lowest BCUT2D eigenvalue weighted by Gasteiger charge is -2.05. The van der Waals surface area contributed by atoms with E-state index in [1.165, 1.54) is 32.5 Å². The highest BCUT2D eigenvalue weighted by atomic mass is 32.1. The fourth-order valence-electron chi connectivity index (χ4n) is 3.23. The summed E-state index contributed by atoms with van der Waals surface area (Å²) in [4.78, 5) is 6.10. The van der Waals surface area contributed by atoms with Gasteiger partial charge in [-0.25, -0.2) is 4.98 Å². The van der Waals surface area contributed by atoms with E-state index in [2.05, 4.69) is 66.0 Å². The first kappa shape index (κ1) is 11.2. The zero-order valence-electron chi connectivity index (χ0n) is 11.2. The van der Waals surface area contributed by atoms with Crippen LogP contribution in [-0.2, 0) is 0 Å². The standard InChI is InChI=1S/C19H11NS/c1-2-6-13-12(5-1)14-7-3-8-16-19(14)15(13)11-17(20-16)18-9-4-10-21-18/h1-11H. The highest BCUT2D eigenvalue weighted by Gasteiger charge is 2.22. The molecule has 0 unspecified atom stereocenters. The van der Waals surface area contributed by atoms with Crippen molar-refractivity contribution in [3.8, 4) is 32.8 Å². The van der Waals surface area contributed by atoms with Crippen molar-refractivity contribution in [3.05, 3.63) is 66.0 Å². The van der Waals surface area contributed by atoms with Gasteiger partial charge in [0.2, 0.25) is 0 Å². The second-order valence-electron chi connectivity index (χ2n) is 5.28. The van der Waals surface area contributed by atoms with Crippen LogP contribution in [0.4, 0.5) is 0 Å². The smallest absolute Gasteiger partial charge is 0.0815 e. The summed E-state index contributed by atoms with van der Waals surface area (Å²) in [5.74, 6) is 0. The molecule has 0 atom stereocenters. The van der Waals surface area contributed by atoms with Gasteiger partial charge in [-0.05, 0) is 45.8 Å². The molecule has 2 heteroatoms. The van der Waals surface area contributed by atoms with Gasteiger partial charge in [0.25, 0.3) is 0 Å². The predicted octanol–water partition coefficient (Wildman–Crippen LogP) is 5.61. The number of nitrogens with zero attached hydrogens (tertiary/aromatic N) is 1. The maximum atomic E-state index is 4.87. The van der Waals surface area contributed by atoms with E-state index in [9.17, 15) is 0 Å². The Morgan fingerprint density at radius 2 is 1.52 bits per heavy atom. The first-order chi connectivity index (χ1) is 10.4. The summed E-state index contributed by atoms with van der Waals surface area (Å²) >= 11 is 1.74. The van der Waals surface area contributed by atoms with E-state index >= 15 is 0 Å². The minimum Gasteiger partial charge on any atom is -0.247 e. The van der Waals surface area contributed by atoms with Crippen LogP contribution in [0.5, 0.6) is 0 Å². The molecule has 5 rings (SSSR count). The fraction of sp³-hybridized carbons (Fsp3) is 0. The lowest BCUT2D eigenvalue weighted by Crippen LogP contribution is -1.85. The number of rotatable bonds is 1. The third kappa shape index (κ3) is 1.48. The lowest BCUT2D eigenvalue weighted by molar-refractivity contribution is 1.43. The van der Waals surface area contributed by atoms with Crippen molar-refractivity contribution in [1.29, 1.82) is 0 Å². The molecule has 2 heterocycles. The number of thiophene rings is 1. The Hall–Kier alpha value is -2.45. The van der Waals surface area contributed by atoms with Gasteiger partial charge in [0.05, 0.1) is 16.1 Å². The summed E-state index contributed by atoms with van der Waals surface area (Å²) in [6.07, 6.45) is 0. The Labute approximate surface area is 126 Å². The zero-order valence-corrected chi connectivity index (χ0v) is 12.0. The van der Waals surface area contributed by atoms with Gasteiger partial charge >= 0.3 is 0 Å². The minimum absolute atomic E-state index is 1.07. The first-order valence-electron chi connectivity index (χ1n) is 6.99. The molecular formula is C19H11NS.